The molecule has 2 aromatic carbocycles. The van der Waals surface area contributed by atoms with E-state index in [1.54, 1.807) is 36.4 Å². The third-order valence-electron chi connectivity index (χ3n) is 4.94. The fourth-order valence-corrected chi connectivity index (χ4v) is 4.82. The van der Waals surface area contributed by atoms with E-state index in [0.717, 1.165) is 0 Å². The molecule has 0 radical (unpaired) electrons. The van der Waals surface area contributed by atoms with E-state index in [0.29, 0.717) is 43.0 Å². The van der Waals surface area contributed by atoms with Crippen molar-refractivity contribution in [2.75, 3.05) is 43.4 Å². The third-order valence-corrected chi connectivity index (χ3v) is 6.90. The fourth-order valence-electron chi connectivity index (χ4n) is 3.33. The Balaban J connectivity index is 1.45. The first kappa shape index (κ1) is 21.7. The summed E-state index contributed by atoms with van der Waals surface area (Å²) in [4.78, 5) is 14.0. The monoisotopic (exact) mass is 430 g/mol. The van der Waals surface area contributed by atoms with Crippen LogP contribution in [0.4, 0.5) is 10.1 Å². The van der Waals surface area contributed by atoms with E-state index in [1.807, 2.05) is 11.0 Å². The van der Waals surface area contributed by atoms with Crippen LogP contribution in [0.25, 0.3) is 0 Å². The SMILES string of the molecule is N#Cc1cccc(C(=O)NCCCS(=O)(=O)N2CCN(c3ccccc3F)CC2)c1. The van der Waals surface area contributed by atoms with E-state index in [2.05, 4.69) is 5.32 Å². The van der Waals surface area contributed by atoms with Gasteiger partial charge in [0.05, 0.1) is 23.1 Å². The molecule has 0 aliphatic carbocycles. The Morgan fingerprint density at radius 3 is 2.53 bits per heavy atom. The first-order valence-electron chi connectivity index (χ1n) is 9.66. The zero-order valence-corrected chi connectivity index (χ0v) is 17.2. The molecule has 0 atom stereocenters. The van der Waals surface area contributed by atoms with Gasteiger partial charge in [-0.05, 0) is 36.8 Å². The number of nitriles is 1. The van der Waals surface area contributed by atoms with Gasteiger partial charge in [0.25, 0.3) is 5.91 Å². The Morgan fingerprint density at radius 1 is 1.10 bits per heavy atom. The number of amides is 1. The Bertz CT molecular complexity index is 1040. The maximum Gasteiger partial charge on any atom is 0.251 e. The minimum atomic E-state index is -3.45. The van der Waals surface area contributed by atoms with Crippen LogP contribution >= 0.6 is 0 Å². The molecule has 1 heterocycles. The van der Waals surface area contributed by atoms with Gasteiger partial charge in [0, 0.05) is 38.3 Å². The van der Waals surface area contributed by atoms with Gasteiger partial charge in [-0.1, -0.05) is 18.2 Å². The van der Waals surface area contributed by atoms with Crippen LogP contribution in [0.5, 0.6) is 0 Å². The van der Waals surface area contributed by atoms with Crippen LogP contribution in [0.1, 0.15) is 22.3 Å². The summed E-state index contributed by atoms with van der Waals surface area (Å²) in [5, 5.41) is 11.6. The molecule has 1 fully saturated rings. The maximum atomic E-state index is 13.9. The molecule has 3 rings (SSSR count). The van der Waals surface area contributed by atoms with E-state index in [1.165, 1.54) is 16.4 Å². The molecule has 9 heteroatoms. The number of carbonyl (C=O) groups excluding carboxylic acids is 1. The van der Waals surface area contributed by atoms with Crippen molar-refractivity contribution in [1.29, 1.82) is 5.26 Å². The smallest absolute Gasteiger partial charge is 0.251 e. The Kier molecular flexibility index (Phi) is 7.03. The second-order valence-corrected chi connectivity index (χ2v) is 9.04. The number of nitrogens with one attached hydrogen (secondary N) is 1. The molecule has 0 aromatic heterocycles. The molecule has 0 saturated carbocycles. The van der Waals surface area contributed by atoms with Crippen LogP contribution in [0.15, 0.2) is 48.5 Å². The van der Waals surface area contributed by atoms with Crippen molar-refractivity contribution in [3.63, 3.8) is 0 Å². The maximum absolute atomic E-state index is 13.9. The zero-order chi connectivity index (χ0) is 21.6. The van der Waals surface area contributed by atoms with Gasteiger partial charge in [0.2, 0.25) is 10.0 Å². The minimum absolute atomic E-state index is 0.0782. The van der Waals surface area contributed by atoms with Crippen molar-refractivity contribution in [2.24, 2.45) is 0 Å². The Labute approximate surface area is 175 Å². The van der Waals surface area contributed by atoms with E-state index in [4.69, 9.17) is 5.26 Å². The average Bonchev–Trinajstić information content (AvgIpc) is 2.77. The first-order chi connectivity index (χ1) is 14.4. The Hall–Kier alpha value is -2.96. The predicted octanol–water partition coefficient (Wildman–Crippen LogP) is 1.97. The molecular weight excluding hydrogens is 407 g/mol. The molecule has 0 spiro atoms. The molecule has 0 unspecified atom stereocenters. The highest BCUT2D eigenvalue weighted by molar-refractivity contribution is 7.89. The van der Waals surface area contributed by atoms with Gasteiger partial charge in [-0.25, -0.2) is 12.8 Å². The molecule has 2 aromatic rings. The quantitative estimate of drug-likeness (QED) is 0.678. The number of piperazine rings is 1. The number of anilines is 1. The molecule has 1 N–H and O–H groups in total. The summed E-state index contributed by atoms with van der Waals surface area (Å²) in [6.07, 6.45) is 0.277. The largest absolute Gasteiger partial charge is 0.367 e. The second-order valence-electron chi connectivity index (χ2n) is 6.96. The van der Waals surface area contributed by atoms with E-state index >= 15 is 0 Å². The van der Waals surface area contributed by atoms with Crippen LogP contribution in [0.3, 0.4) is 0 Å². The van der Waals surface area contributed by atoms with Gasteiger partial charge >= 0.3 is 0 Å². The zero-order valence-electron chi connectivity index (χ0n) is 16.4. The molecule has 158 valence electrons. The van der Waals surface area contributed by atoms with E-state index in [-0.39, 0.29) is 30.4 Å². The number of benzene rings is 2. The van der Waals surface area contributed by atoms with Crippen LogP contribution in [0, 0.1) is 17.1 Å². The third kappa shape index (κ3) is 5.34. The lowest BCUT2D eigenvalue weighted by atomic mass is 10.1. The van der Waals surface area contributed by atoms with Crippen molar-refractivity contribution in [1.82, 2.24) is 9.62 Å². The number of nitrogens with zero attached hydrogens (tertiary/aromatic N) is 3. The number of sulfonamides is 1. The van der Waals surface area contributed by atoms with E-state index < -0.39 is 10.0 Å². The van der Waals surface area contributed by atoms with Crippen LogP contribution in [0.2, 0.25) is 0 Å². The van der Waals surface area contributed by atoms with Crippen molar-refractivity contribution in [3.05, 3.63) is 65.5 Å². The predicted molar refractivity (Wildman–Crippen MR) is 112 cm³/mol. The lowest BCUT2D eigenvalue weighted by molar-refractivity contribution is 0.0953. The summed E-state index contributed by atoms with van der Waals surface area (Å²) in [5.41, 5.74) is 1.23. The van der Waals surface area contributed by atoms with Crippen LogP contribution in [-0.4, -0.2) is 57.1 Å². The molecule has 0 bridgehead atoms. The molecule has 1 saturated heterocycles. The van der Waals surface area contributed by atoms with Crippen LogP contribution in [-0.2, 0) is 10.0 Å². The summed E-state index contributed by atoms with van der Waals surface area (Å²) in [6, 6.07) is 14.8. The normalized spacial score (nSPS) is 14.9. The number of rotatable bonds is 7. The molecule has 30 heavy (non-hydrogen) atoms. The fraction of sp³-hybridized carbons (Fsp3) is 0.333. The summed E-state index contributed by atoms with van der Waals surface area (Å²) < 4.78 is 40.5. The average molecular weight is 431 g/mol. The van der Waals surface area contributed by atoms with Gasteiger partial charge < -0.3 is 10.2 Å². The van der Waals surface area contributed by atoms with Gasteiger partial charge in [-0.3, -0.25) is 4.79 Å². The Morgan fingerprint density at radius 2 is 1.83 bits per heavy atom. The van der Waals surface area contributed by atoms with Gasteiger partial charge in [-0.15, -0.1) is 0 Å². The lowest BCUT2D eigenvalue weighted by Gasteiger charge is -2.35. The summed E-state index contributed by atoms with van der Waals surface area (Å²) in [6.45, 7) is 1.65. The van der Waals surface area contributed by atoms with E-state index in [9.17, 15) is 17.6 Å². The standard InChI is InChI=1S/C21H23FN4O3S/c22-19-7-1-2-8-20(19)25-10-12-26(13-11-25)30(28,29)14-4-9-24-21(27)18-6-3-5-17(15-18)16-23/h1-3,5-8,15H,4,9-14H2,(H,24,27). The van der Waals surface area contributed by atoms with Gasteiger partial charge in [0.15, 0.2) is 0 Å². The van der Waals surface area contributed by atoms with Gasteiger partial charge in [0.1, 0.15) is 5.82 Å². The second kappa shape index (κ2) is 9.69. The van der Waals surface area contributed by atoms with Crippen molar-refractivity contribution < 1.29 is 17.6 Å². The molecule has 1 aliphatic heterocycles. The van der Waals surface area contributed by atoms with Crippen molar-refractivity contribution in [2.45, 2.75) is 6.42 Å². The highest BCUT2D eigenvalue weighted by Gasteiger charge is 2.27. The summed E-state index contributed by atoms with van der Waals surface area (Å²) >= 11 is 0. The van der Waals surface area contributed by atoms with Crippen molar-refractivity contribution >= 4 is 21.6 Å². The molecule has 7 nitrogen and oxygen atoms in total. The van der Waals surface area contributed by atoms with Crippen molar-refractivity contribution in [3.8, 4) is 6.07 Å². The number of hydrogen-bond donors (Lipinski definition) is 1. The molecule has 1 amide bonds. The topological polar surface area (TPSA) is 93.5 Å². The molecule has 1 aliphatic rings. The molecular formula is C21H23FN4O3S. The van der Waals surface area contributed by atoms with Crippen LogP contribution < -0.4 is 10.2 Å². The highest BCUT2D eigenvalue weighted by atomic mass is 32.2. The number of halogens is 1. The first-order valence-corrected chi connectivity index (χ1v) is 11.3. The summed E-state index contributed by atoms with van der Waals surface area (Å²) in [5.74, 6) is -0.738. The summed E-state index contributed by atoms with van der Waals surface area (Å²) in [7, 11) is -3.45. The number of para-hydroxylation sites is 1. The lowest BCUT2D eigenvalue weighted by Crippen LogP contribution is -2.49. The minimum Gasteiger partial charge on any atom is -0.367 e. The number of hydrogen-bond acceptors (Lipinski definition) is 5. The highest BCUT2D eigenvalue weighted by Crippen LogP contribution is 2.21. The van der Waals surface area contributed by atoms with Gasteiger partial charge in [-0.2, -0.15) is 9.57 Å². The number of carbonyl (C=O) groups is 1.